The lowest BCUT2D eigenvalue weighted by atomic mass is 10.1. The fourth-order valence-electron chi connectivity index (χ4n) is 1.70. The number of hydrogen-bond acceptors (Lipinski definition) is 3. The SMILES string of the molecule is CN(C(=O)c1ccc(S)cc1)c1cccc(C#N)c1. The van der Waals surface area contributed by atoms with Crippen molar-refractivity contribution in [3.05, 3.63) is 59.7 Å². The summed E-state index contributed by atoms with van der Waals surface area (Å²) in [5.74, 6) is -0.122. The van der Waals surface area contributed by atoms with Crippen LogP contribution in [0.4, 0.5) is 5.69 Å². The van der Waals surface area contributed by atoms with E-state index in [2.05, 4.69) is 18.7 Å². The molecule has 1 amide bonds. The van der Waals surface area contributed by atoms with Crippen LogP contribution in [0.2, 0.25) is 0 Å². The molecule has 0 radical (unpaired) electrons. The fourth-order valence-corrected chi connectivity index (χ4v) is 1.85. The molecular weight excluding hydrogens is 256 g/mol. The minimum Gasteiger partial charge on any atom is -0.311 e. The van der Waals surface area contributed by atoms with Crippen LogP contribution >= 0.6 is 12.6 Å². The van der Waals surface area contributed by atoms with Gasteiger partial charge in [-0.3, -0.25) is 4.79 Å². The van der Waals surface area contributed by atoms with Crippen LogP contribution in [0, 0.1) is 11.3 Å². The smallest absolute Gasteiger partial charge is 0.258 e. The number of hydrogen-bond donors (Lipinski definition) is 1. The molecule has 0 saturated heterocycles. The Morgan fingerprint density at radius 1 is 1.21 bits per heavy atom. The summed E-state index contributed by atoms with van der Waals surface area (Å²) < 4.78 is 0. The van der Waals surface area contributed by atoms with Crippen LogP contribution in [0.15, 0.2) is 53.4 Å². The molecule has 0 N–H and O–H groups in total. The lowest BCUT2D eigenvalue weighted by Gasteiger charge is -2.17. The molecule has 0 unspecified atom stereocenters. The van der Waals surface area contributed by atoms with E-state index in [-0.39, 0.29) is 5.91 Å². The van der Waals surface area contributed by atoms with E-state index in [4.69, 9.17) is 5.26 Å². The van der Waals surface area contributed by atoms with Gasteiger partial charge in [0.1, 0.15) is 0 Å². The third-order valence-corrected chi connectivity index (χ3v) is 3.08. The van der Waals surface area contributed by atoms with Gasteiger partial charge in [0.25, 0.3) is 5.91 Å². The molecule has 0 atom stereocenters. The number of carbonyl (C=O) groups is 1. The Hall–Kier alpha value is -2.25. The Morgan fingerprint density at radius 3 is 2.53 bits per heavy atom. The van der Waals surface area contributed by atoms with E-state index < -0.39 is 0 Å². The summed E-state index contributed by atoms with van der Waals surface area (Å²) in [4.78, 5) is 14.6. The number of amides is 1. The van der Waals surface area contributed by atoms with Crippen LogP contribution in [0.5, 0.6) is 0 Å². The van der Waals surface area contributed by atoms with Crippen molar-refractivity contribution in [2.75, 3.05) is 11.9 Å². The first-order chi connectivity index (χ1) is 9.11. The molecule has 0 aliphatic rings. The van der Waals surface area contributed by atoms with E-state index in [0.717, 1.165) is 4.90 Å². The second-order valence-electron chi connectivity index (χ2n) is 4.07. The van der Waals surface area contributed by atoms with Crippen molar-refractivity contribution in [3.8, 4) is 6.07 Å². The molecule has 3 nitrogen and oxygen atoms in total. The van der Waals surface area contributed by atoms with E-state index >= 15 is 0 Å². The molecule has 0 aliphatic heterocycles. The zero-order chi connectivity index (χ0) is 13.8. The maximum Gasteiger partial charge on any atom is 0.258 e. The molecule has 2 aromatic rings. The van der Waals surface area contributed by atoms with Gasteiger partial charge in [-0.1, -0.05) is 6.07 Å². The van der Waals surface area contributed by atoms with Gasteiger partial charge in [0.15, 0.2) is 0 Å². The van der Waals surface area contributed by atoms with Gasteiger partial charge >= 0.3 is 0 Å². The standard InChI is InChI=1S/C15H12N2OS/c1-17(13-4-2-3-11(9-13)10-16)15(18)12-5-7-14(19)8-6-12/h2-9,19H,1H3. The molecular formula is C15H12N2OS. The molecule has 0 saturated carbocycles. The average molecular weight is 268 g/mol. The predicted octanol–water partition coefficient (Wildman–Crippen LogP) is 3.12. The number of carbonyl (C=O) groups excluding carboxylic acids is 1. The molecule has 0 aromatic heterocycles. The van der Waals surface area contributed by atoms with Crippen molar-refractivity contribution in [1.29, 1.82) is 5.26 Å². The topological polar surface area (TPSA) is 44.1 Å². The summed E-state index contributed by atoms with van der Waals surface area (Å²) in [6.45, 7) is 0. The van der Waals surface area contributed by atoms with Crippen LogP contribution < -0.4 is 4.90 Å². The quantitative estimate of drug-likeness (QED) is 0.850. The Bertz CT molecular complexity index is 644. The first-order valence-electron chi connectivity index (χ1n) is 5.69. The van der Waals surface area contributed by atoms with Gasteiger partial charge in [0.2, 0.25) is 0 Å². The van der Waals surface area contributed by atoms with E-state index in [1.54, 1.807) is 55.6 Å². The maximum atomic E-state index is 12.3. The molecule has 19 heavy (non-hydrogen) atoms. The summed E-state index contributed by atoms with van der Waals surface area (Å²) in [6.07, 6.45) is 0. The Morgan fingerprint density at radius 2 is 1.89 bits per heavy atom. The van der Waals surface area contributed by atoms with Gasteiger partial charge in [0.05, 0.1) is 11.6 Å². The Kier molecular flexibility index (Phi) is 3.88. The first kappa shape index (κ1) is 13.2. The minimum absolute atomic E-state index is 0.122. The maximum absolute atomic E-state index is 12.3. The van der Waals surface area contributed by atoms with E-state index in [9.17, 15) is 4.79 Å². The normalized spacial score (nSPS) is 9.74. The van der Waals surface area contributed by atoms with Crippen molar-refractivity contribution >= 4 is 24.2 Å². The minimum atomic E-state index is -0.122. The van der Waals surface area contributed by atoms with Crippen molar-refractivity contribution in [1.82, 2.24) is 0 Å². The highest BCUT2D eigenvalue weighted by molar-refractivity contribution is 7.80. The predicted molar refractivity (Wildman–Crippen MR) is 77.6 cm³/mol. The highest BCUT2D eigenvalue weighted by Gasteiger charge is 2.13. The Balaban J connectivity index is 2.28. The third kappa shape index (κ3) is 2.95. The molecule has 2 rings (SSSR count). The first-order valence-corrected chi connectivity index (χ1v) is 6.14. The summed E-state index contributed by atoms with van der Waals surface area (Å²) in [7, 11) is 1.69. The van der Waals surface area contributed by atoms with Gasteiger partial charge in [-0.15, -0.1) is 12.6 Å². The van der Waals surface area contributed by atoms with Gasteiger partial charge in [-0.05, 0) is 42.5 Å². The molecule has 0 heterocycles. The molecule has 0 bridgehead atoms. The molecule has 94 valence electrons. The van der Waals surface area contributed by atoms with Gasteiger partial charge < -0.3 is 4.90 Å². The van der Waals surface area contributed by atoms with Crippen LogP contribution in [0.1, 0.15) is 15.9 Å². The highest BCUT2D eigenvalue weighted by Crippen LogP contribution is 2.17. The average Bonchev–Trinajstić information content (AvgIpc) is 2.46. The number of thiol groups is 1. The summed E-state index contributed by atoms with van der Waals surface area (Å²) >= 11 is 4.19. The summed E-state index contributed by atoms with van der Waals surface area (Å²) in [6, 6.07) is 16.0. The van der Waals surface area contributed by atoms with Crippen LogP contribution in [0.25, 0.3) is 0 Å². The fraction of sp³-hybridized carbons (Fsp3) is 0.0667. The molecule has 0 spiro atoms. The number of benzene rings is 2. The van der Waals surface area contributed by atoms with Gasteiger partial charge in [-0.2, -0.15) is 5.26 Å². The van der Waals surface area contributed by atoms with Crippen LogP contribution in [0.3, 0.4) is 0 Å². The number of rotatable bonds is 2. The molecule has 0 aliphatic carbocycles. The summed E-state index contributed by atoms with van der Waals surface area (Å²) in [5.41, 5.74) is 1.81. The lowest BCUT2D eigenvalue weighted by molar-refractivity contribution is 0.0993. The number of nitriles is 1. The molecule has 2 aromatic carbocycles. The zero-order valence-electron chi connectivity index (χ0n) is 10.4. The molecule has 0 fully saturated rings. The number of anilines is 1. The van der Waals surface area contributed by atoms with E-state index in [1.165, 1.54) is 4.90 Å². The van der Waals surface area contributed by atoms with Crippen molar-refractivity contribution < 1.29 is 4.79 Å². The summed E-state index contributed by atoms with van der Waals surface area (Å²) in [5, 5.41) is 8.87. The second-order valence-corrected chi connectivity index (χ2v) is 4.59. The molecule has 4 heteroatoms. The number of nitrogens with zero attached hydrogens (tertiary/aromatic N) is 2. The lowest BCUT2D eigenvalue weighted by Crippen LogP contribution is -2.26. The van der Waals surface area contributed by atoms with Gasteiger partial charge in [0, 0.05) is 23.2 Å². The monoisotopic (exact) mass is 268 g/mol. The van der Waals surface area contributed by atoms with Crippen molar-refractivity contribution in [2.24, 2.45) is 0 Å². The highest BCUT2D eigenvalue weighted by atomic mass is 32.1. The van der Waals surface area contributed by atoms with E-state index in [0.29, 0.717) is 16.8 Å². The van der Waals surface area contributed by atoms with E-state index in [1.807, 2.05) is 0 Å². The van der Waals surface area contributed by atoms with Crippen LogP contribution in [-0.2, 0) is 0 Å². The van der Waals surface area contributed by atoms with Crippen molar-refractivity contribution in [2.45, 2.75) is 4.90 Å². The van der Waals surface area contributed by atoms with Gasteiger partial charge in [-0.25, -0.2) is 0 Å². The largest absolute Gasteiger partial charge is 0.311 e. The van der Waals surface area contributed by atoms with Crippen molar-refractivity contribution in [3.63, 3.8) is 0 Å². The Labute approximate surface area is 117 Å². The second kappa shape index (κ2) is 5.59. The zero-order valence-corrected chi connectivity index (χ0v) is 11.3. The third-order valence-electron chi connectivity index (χ3n) is 2.78. The van der Waals surface area contributed by atoms with Crippen LogP contribution in [-0.4, -0.2) is 13.0 Å².